The van der Waals surface area contributed by atoms with Crippen molar-refractivity contribution in [2.45, 2.75) is 39.7 Å². The van der Waals surface area contributed by atoms with Gasteiger partial charge in [-0.3, -0.25) is 0 Å². The molecule has 1 aromatic heterocycles. The van der Waals surface area contributed by atoms with Gasteiger partial charge in [0.2, 0.25) is 0 Å². The molecule has 1 aliphatic rings. The van der Waals surface area contributed by atoms with Gasteiger partial charge in [-0.2, -0.15) is 0 Å². The van der Waals surface area contributed by atoms with Gasteiger partial charge in [0.15, 0.2) is 0 Å². The molecule has 1 fully saturated rings. The van der Waals surface area contributed by atoms with Gasteiger partial charge in [0.25, 0.3) is 5.19 Å². The molecular formula is C22H25N3O2S. The van der Waals surface area contributed by atoms with Crippen molar-refractivity contribution in [2.75, 3.05) is 18.4 Å². The van der Waals surface area contributed by atoms with E-state index in [1.165, 1.54) is 15.8 Å². The molecule has 2 aromatic carbocycles. The number of carbonyl (C=O) groups is 1. The Bertz CT molecular complexity index is 967. The summed E-state index contributed by atoms with van der Waals surface area (Å²) in [5.41, 5.74) is 5.41. The van der Waals surface area contributed by atoms with E-state index in [0.29, 0.717) is 13.1 Å². The molecule has 1 saturated heterocycles. The fourth-order valence-electron chi connectivity index (χ4n) is 3.53. The minimum absolute atomic E-state index is 0.0460. The van der Waals surface area contributed by atoms with Crippen LogP contribution in [0.15, 0.2) is 36.4 Å². The average molecular weight is 396 g/mol. The van der Waals surface area contributed by atoms with Crippen LogP contribution in [0.1, 0.15) is 29.5 Å². The number of carbonyl (C=O) groups excluding carboxylic acids is 1. The molecule has 1 N–H and O–H groups in total. The van der Waals surface area contributed by atoms with E-state index in [-0.39, 0.29) is 12.1 Å². The number of aromatic nitrogens is 1. The molecule has 2 amide bonds. The lowest BCUT2D eigenvalue weighted by atomic mass is 10.1. The second kappa shape index (κ2) is 7.80. The van der Waals surface area contributed by atoms with Gasteiger partial charge >= 0.3 is 6.03 Å². The fourth-order valence-corrected chi connectivity index (χ4v) is 4.56. The Labute approximate surface area is 169 Å². The Hall–Kier alpha value is -2.60. The standard InChI is InChI=1S/C22H25N3O2S/c1-14-5-4-6-17(13-14)23-21(26)25-11-9-18(10-12-25)27-22-24-19-15(2)7-8-16(3)20(19)28-22/h4-8,13,18H,9-12H2,1-3H3,(H,23,26). The van der Waals surface area contributed by atoms with Crippen LogP contribution in [0.3, 0.4) is 0 Å². The van der Waals surface area contributed by atoms with E-state index in [4.69, 9.17) is 4.74 Å². The molecule has 0 spiro atoms. The van der Waals surface area contributed by atoms with Gasteiger partial charge in [0.05, 0.1) is 10.2 Å². The largest absolute Gasteiger partial charge is 0.467 e. The maximum Gasteiger partial charge on any atom is 0.321 e. The quantitative estimate of drug-likeness (QED) is 0.655. The number of thiazole rings is 1. The zero-order valence-electron chi connectivity index (χ0n) is 16.5. The van der Waals surface area contributed by atoms with Crippen molar-refractivity contribution in [3.05, 3.63) is 53.1 Å². The van der Waals surface area contributed by atoms with E-state index < -0.39 is 0 Å². The number of likely N-dealkylation sites (tertiary alicyclic amines) is 1. The summed E-state index contributed by atoms with van der Waals surface area (Å²) in [5, 5.41) is 3.71. The van der Waals surface area contributed by atoms with Gasteiger partial charge in [-0.25, -0.2) is 9.78 Å². The molecular weight excluding hydrogens is 370 g/mol. The van der Waals surface area contributed by atoms with Crippen LogP contribution in [0.4, 0.5) is 10.5 Å². The van der Waals surface area contributed by atoms with E-state index >= 15 is 0 Å². The van der Waals surface area contributed by atoms with Crippen molar-refractivity contribution in [3.8, 4) is 5.19 Å². The number of hydrogen-bond acceptors (Lipinski definition) is 4. The number of piperidine rings is 1. The molecule has 0 unspecified atom stereocenters. The minimum Gasteiger partial charge on any atom is -0.467 e. The molecule has 0 atom stereocenters. The summed E-state index contributed by atoms with van der Waals surface area (Å²) in [5.74, 6) is 0. The van der Waals surface area contributed by atoms with Crippen molar-refractivity contribution >= 4 is 33.3 Å². The molecule has 4 rings (SSSR count). The number of urea groups is 1. The monoisotopic (exact) mass is 395 g/mol. The number of nitrogens with zero attached hydrogens (tertiary/aromatic N) is 2. The third-order valence-corrected chi connectivity index (χ3v) is 6.27. The van der Waals surface area contributed by atoms with Gasteiger partial charge in [-0.15, -0.1) is 0 Å². The van der Waals surface area contributed by atoms with Crippen LogP contribution in [0.25, 0.3) is 10.2 Å². The summed E-state index contributed by atoms with van der Waals surface area (Å²) in [6, 6.07) is 12.0. The van der Waals surface area contributed by atoms with Crippen molar-refractivity contribution in [1.29, 1.82) is 0 Å². The molecule has 0 radical (unpaired) electrons. The highest BCUT2D eigenvalue weighted by molar-refractivity contribution is 7.20. The van der Waals surface area contributed by atoms with Crippen molar-refractivity contribution in [1.82, 2.24) is 9.88 Å². The number of hydrogen-bond donors (Lipinski definition) is 1. The van der Waals surface area contributed by atoms with E-state index in [0.717, 1.165) is 34.8 Å². The number of rotatable bonds is 3. The number of nitrogens with one attached hydrogen (secondary N) is 1. The van der Waals surface area contributed by atoms with E-state index in [1.807, 2.05) is 36.1 Å². The van der Waals surface area contributed by atoms with Crippen LogP contribution in [0, 0.1) is 20.8 Å². The number of anilines is 1. The smallest absolute Gasteiger partial charge is 0.321 e. The lowest BCUT2D eigenvalue weighted by Crippen LogP contribution is -2.43. The topological polar surface area (TPSA) is 54.5 Å². The van der Waals surface area contributed by atoms with E-state index in [2.05, 4.69) is 36.3 Å². The molecule has 5 nitrogen and oxygen atoms in total. The summed E-state index contributed by atoms with van der Waals surface area (Å²) in [6.45, 7) is 7.58. The number of aryl methyl sites for hydroxylation is 3. The van der Waals surface area contributed by atoms with Gasteiger partial charge in [0, 0.05) is 31.6 Å². The van der Waals surface area contributed by atoms with Gasteiger partial charge < -0.3 is 15.0 Å². The van der Waals surface area contributed by atoms with E-state index in [9.17, 15) is 4.79 Å². The second-order valence-corrected chi connectivity index (χ2v) is 8.42. The van der Waals surface area contributed by atoms with Gasteiger partial charge in [0.1, 0.15) is 6.10 Å². The molecule has 28 heavy (non-hydrogen) atoms. The molecule has 1 aliphatic heterocycles. The first kappa shape index (κ1) is 18.7. The predicted molar refractivity (Wildman–Crippen MR) is 115 cm³/mol. The molecule has 6 heteroatoms. The minimum atomic E-state index is -0.0460. The van der Waals surface area contributed by atoms with Crippen LogP contribution < -0.4 is 10.1 Å². The van der Waals surface area contributed by atoms with Crippen LogP contribution >= 0.6 is 11.3 Å². The normalized spacial score (nSPS) is 15.0. The first-order chi connectivity index (χ1) is 13.5. The molecule has 0 bridgehead atoms. The second-order valence-electron chi connectivity index (χ2n) is 7.46. The van der Waals surface area contributed by atoms with E-state index in [1.54, 1.807) is 11.3 Å². The lowest BCUT2D eigenvalue weighted by Gasteiger charge is -2.31. The molecule has 146 valence electrons. The summed E-state index contributed by atoms with van der Waals surface area (Å²) in [6.07, 6.45) is 1.73. The highest BCUT2D eigenvalue weighted by atomic mass is 32.1. The maximum atomic E-state index is 12.5. The predicted octanol–water partition coefficient (Wildman–Crippen LogP) is 5.30. The first-order valence-corrected chi connectivity index (χ1v) is 10.5. The van der Waals surface area contributed by atoms with Crippen LogP contribution in [-0.4, -0.2) is 35.1 Å². The third-order valence-electron chi connectivity index (χ3n) is 5.19. The van der Waals surface area contributed by atoms with Gasteiger partial charge in [-0.05, 0) is 49.6 Å². The Morgan fingerprint density at radius 2 is 1.89 bits per heavy atom. The Balaban J connectivity index is 1.35. The summed E-state index contributed by atoms with van der Waals surface area (Å²) in [7, 11) is 0. The Morgan fingerprint density at radius 1 is 1.14 bits per heavy atom. The van der Waals surface area contributed by atoms with Crippen LogP contribution in [-0.2, 0) is 0 Å². The molecule has 3 aromatic rings. The molecule has 0 saturated carbocycles. The number of ether oxygens (including phenoxy) is 1. The van der Waals surface area contributed by atoms with Crippen LogP contribution in [0.2, 0.25) is 0 Å². The van der Waals surface area contributed by atoms with Crippen molar-refractivity contribution in [3.63, 3.8) is 0 Å². The van der Waals surface area contributed by atoms with Crippen molar-refractivity contribution < 1.29 is 9.53 Å². The Morgan fingerprint density at radius 3 is 2.61 bits per heavy atom. The number of benzene rings is 2. The zero-order chi connectivity index (χ0) is 19.7. The Kier molecular flexibility index (Phi) is 5.22. The van der Waals surface area contributed by atoms with Crippen molar-refractivity contribution in [2.24, 2.45) is 0 Å². The SMILES string of the molecule is Cc1cccc(NC(=O)N2CCC(Oc3nc4c(C)ccc(C)c4s3)CC2)c1. The summed E-state index contributed by atoms with van der Waals surface area (Å²) < 4.78 is 7.36. The summed E-state index contributed by atoms with van der Waals surface area (Å²) in [4.78, 5) is 19.0. The average Bonchev–Trinajstić information content (AvgIpc) is 3.10. The third kappa shape index (κ3) is 3.97. The maximum absolute atomic E-state index is 12.5. The van der Waals surface area contributed by atoms with Crippen LogP contribution in [0.5, 0.6) is 5.19 Å². The number of amides is 2. The zero-order valence-corrected chi connectivity index (χ0v) is 17.3. The lowest BCUT2D eigenvalue weighted by molar-refractivity contribution is 0.115. The molecule has 2 heterocycles. The number of fused-ring (bicyclic) bond motifs is 1. The highest BCUT2D eigenvalue weighted by Crippen LogP contribution is 2.33. The summed E-state index contributed by atoms with van der Waals surface area (Å²) >= 11 is 1.62. The highest BCUT2D eigenvalue weighted by Gasteiger charge is 2.25. The fraction of sp³-hybridized carbons (Fsp3) is 0.364. The van der Waals surface area contributed by atoms with Gasteiger partial charge in [-0.1, -0.05) is 35.6 Å². The molecule has 0 aliphatic carbocycles. The first-order valence-electron chi connectivity index (χ1n) is 9.65.